The monoisotopic (exact) mass is 160 g/mol. The van der Waals surface area contributed by atoms with Crippen molar-refractivity contribution < 1.29 is 0 Å². The highest BCUT2D eigenvalue weighted by Gasteiger charge is 1.94. The second-order valence-electron chi connectivity index (χ2n) is 2.17. The molecule has 0 saturated carbocycles. The molecule has 0 spiro atoms. The van der Waals surface area contributed by atoms with Crippen LogP contribution in [0.3, 0.4) is 0 Å². The van der Waals surface area contributed by atoms with Crippen LogP contribution in [0, 0.1) is 6.07 Å². The first-order chi connectivity index (χ1) is 5.47. The molecule has 2 aromatic heterocycles. The van der Waals surface area contributed by atoms with Crippen LogP contribution in [-0.2, 0) is 0 Å². The Bertz CT molecular complexity index is 313. The highest BCUT2D eigenvalue weighted by Crippen LogP contribution is 2.19. The van der Waals surface area contributed by atoms with Crippen LogP contribution >= 0.6 is 11.3 Å². The van der Waals surface area contributed by atoms with Crippen molar-refractivity contribution in [2.24, 2.45) is 0 Å². The van der Waals surface area contributed by atoms with Gasteiger partial charge in [-0.1, -0.05) is 6.07 Å². The van der Waals surface area contributed by atoms with E-state index in [4.69, 9.17) is 0 Å². The van der Waals surface area contributed by atoms with E-state index in [1.165, 1.54) is 0 Å². The van der Waals surface area contributed by atoms with Gasteiger partial charge in [-0.3, -0.25) is 4.98 Å². The van der Waals surface area contributed by atoms with Gasteiger partial charge in [0.2, 0.25) is 0 Å². The molecule has 0 aromatic carbocycles. The largest absolute Gasteiger partial charge is 0.264 e. The average Bonchev–Trinajstić information content (AvgIpc) is 2.58. The van der Waals surface area contributed by atoms with Crippen molar-refractivity contribution in [3.63, 3.8) is 0 Å². The van der Waals surface area contributed by atoms with E-state index in [2.05, 4.69) is 16.4 Å². The molecule has 53 valence electrons. The Balaban J connectivity index is 2.46. The summed E-state index contributed by atoms with van der Waals surface area (Å²) in [7, 11) is 0. The molecule has 0 saturated heterocycles. The fourth-order valence-corrected chi connectivity index (χ4v) is 1.51. The number of nitrogens with zero attached hydrogens (tertiary/aromatic N) is 1. The molecule has 0 amide bonds. The lowest BCUT2D eigenvalue weighted by molar-refractivity contribution is 1.33. The topological polar surface area (TPSA) is 12.9 Å². The second-order valence-corrected chi connectivity index (χ2v) is 2.92. The lowest BCUT2D eigenvalue weighted by Gasteiger charge is -1.92. The van der Waals surface area contributed by atoms with Crippen LogP contribution in [0.4, 0.5) is 0 Å². The highest BCUT2D eigenvalue weighted by molar-refractivity contribution is 7.08. The zero-order chi connectivity index (χ0) is 7.52. The summed E-state index contributed by atoms with van der Waals surface area (Å²) in [6, 6.07) is 7.10. The number of rotatable bonds is 1. The van der Waals surface area contributed by atoms with Crippen molar-refractivity contribution in [1.29, 1.82) is 0 Å². The van der Waals surface area contributed by atoms with Crippen molar-refractivity contribution >= 4 is 11.3 Å². The van der Waals surface area contributed by atoms with Crippen molar-refractivity contribution in [3.8, 4) is 11.1 Å². The molecule has 0 bridgehead atoms. The quantitative estimate of drug-likeness (QED) is 0.625. The third kappa shape index (κ3) is 1.30. The van der Waals surface area contributed by atoms with Gasteiger partial charge in [0.25, 0.3) is 0 Å². The standard InChI is InChI=1S/C9H6NS/c1-2-8(6-10-4-1)9-3-5-11-7-9/h1-2,4-7H. The minimum absolute atomic E-state index is 1.13. The van der Waals surface area contributed by atoms with Gasteiger partial charge in [0.1, 0.15) is 0 Å². The highest BCUT2D eigenvalue weighted by atomic mass is 32.1. The van der Waals surface area contributed by atoms with Crippen LogP contribution in [0.1, 0.15) is 0 Å². The van der Waals surface area contributed by atoms with E-state index < -0.39 is 0 Å². The Morgan fingerprint density at radius 3 is 3.09 bits per heavy atom. The van der Waals surface area contributed by atoms with Gasteiger partial charge < -0.3 is 0 Å². The Labute approximate surface area is 69.3 Å². The van der Waals surface area contributed by atoms with Gasteiger partial charge >= 0.3 is 0 Å². The summed E-state index contributed by atoms with van der Waals surface area (Å²) in [5.74, 6) is 0. The normalized spacial score (nSPS) is 9.82. The maximum atomic E-state index is 4.03. The first-order valence-corrected chi connectivity index (χ1v) is 4.25. The molecule has 1 nitrogen and oxygen atoms in total. The van der Waals surface area contributed by atoms with Crippen LogP contribution < -0.4 is 0 Å². The summed E-state index contributed by atoms with van der Waals surface area (Å²) in [4.78, 5) is 4.03. The summed E-state index contributed by atoms with van der Waals surface area (Å²) in [6.07, 6.45) is 3.62. The third-order valence-corrected chi connectivity index (χ3v) is 2.07. The Hall–Kier alpha value is -1.15. The smallest absolute Gasteiger partial charge is 0.0346 e. The summed E-state index contributed by atoms with van der Waals surface area (Å²) in [5.41, 5.74) is 2.26. The third-order valence-electron chi connectivity index (χ3n) is 1.44. The van der Waals surface area contributed by atoms with Crippen LogP contribution in [0.5, 0.6) is 0 Å². The van der Waals surface area contributed by atoms with Crippen LogP contribution in [0.2, 0.25) is 0 Å². The van der Waals surface area contributed by atoms with E-state index in [1.807, 2.05) is 23.7 Å². The van der Waals surface area contributed by atoms with Gasteiger partial charge in [0.15, 0.2) is 0 Å². The van der Waals surface area contributed by atoms with Gasteiger partial charge in [-0.25, -0.2) is 0 Å². The molecule has 0 aliphatic heterocycles. The summed E-state index contributed by atoms with van der Waals surface area (Å²) in [5, 5.41) is 4.01. The number of hydrogen-bond acceptors (Lipinski definition) is 2. The molecule has 0 fully saturated rings. The summed E-state index contributed by atoms with van der Waals surface area (Å²) >= 11 is 1.65. The fourth-order valence-electron chi connectivity index (χ4n) is 0.907. The summed E-state index contributed by atoms with van der Waals surface area (Å²) in [6.45, 7) is 0. The van der Waals surface area contributed by atoms with Crippen LogP contribution in [-0.4, -0.2) is 4.98 Å². The second kappa shape index (κ2) is 2.84. The molecule has 2 rings (SSSR count). The number of hydrogen-bond donors (Lipinski definition) is 0. The van der Waals surface area contributed by atoms with E-state index in [0.29, 0.717) is 0 Å². The molecule has 2 aromatic rings. The molecule has 1 radical (unpaired) electrons. The molecular weight excluding hydrogens is 154 g/mol. The van der Waals surface area contributed by atoms with E-state index in [0.717, 1.165) is 11.1 Å². The lowest BCUT2D eigenvalue weighted by Crippen LogP contribution is -1.73. The van der Waals surface area contributed by atoms with Gasteiger partial charge in [-0.2, -0.15) is 11.3 Å². The number of aromatic nitrogens is 1. The molecule has 0 N–H and O–H groups in total. The minimum Gasteiger partial charge on any atom is -0.264 e. The van der Waals surface area contributed by atoms with Gasteiger partial charge in [0, 0.05) is 29.6 Å². The number of thiophene rings is 1. The van der Waals surface area contributed by atoms with Crippen molar-refractivity contribution in [2.45, 2.75) is 0 Å². The predicted molar refractivity (Wildman–Crippen MR) is 46.4 cm³/mol. The van der Waals surface area contributed by atoms with E-state index in [-0.39, 0.29) is 0 Å². The van der Waals surface area contributed by atoms with E-state index >= 15 is 0 Å². The number of pyridine rings is 1. The maximum absolute atomic E-state index is 4.03. The van der Waals surface area contributed by atoms with Crippen molar-refractivity contribution in [3.05, 3.63) is 41.4 Å². The van der Waals surface area contributed by atoms with Gasteiger partial charge in [-0.15, -0.1) is 0 Å². The first kappa shape index (κ1) is 6.55. The average molecular weight is 160 g/mol. The Morgan fingerprint density at radius 2 is 2.45 bits per heavy atom. The predicted octanol–water partition coefficient (Wildman–Crippen LogP) is 2.61. The molecular formula is C9H6NS. The first-order valence-electron chi connectivity index (χ1n) is 3.31. The van der Waals surface area contributed by atoms with Gasteiger partial charge in [-0.05, 0) is 16.8 Å². The van der Waals surface area contributed by atoms with E-state index in [9.17, 15) is 0 Å². The van der Waals surface area contributed by atoms with E-state index in [1.54, 1.807) is 17.5 Å². The Morgan fingerprint density at radius 1 is 1.45 bits per heavy atom. The zero-order valence-electron chi connectivity index (χ0n) is 5.82. The fraction of sp³-hybridized carbons (Fsp3) is 0. The van der Waals surface area contributed by atoms with Gasteiger partial charge in [0.05, 0.1) is 0 Å². The van der Waals surface area contributed by atoms with Crippen molar-refractivity contribution in [2.75, 3.05) is 0 Å². The molecule has 0 unspecified atom stereocenters. The SMILES string of the molecule is [c]1cscc1-c1cccnc1. The maximum Gasteiger partial charge on any atom is 0.0346 e. The lowest BCUT2D eigenvalue weighted by atomic mass is 10.2. The summed E-state index contributed by atoms with van der Waals surface area (Å²) < 4.78 is 0. The van der Waals surface area contributed by atoms with Crippen LogP contribution in [0.25, 0.3) is 11.1 Å². The molecule has 0 aliphatic carbocycles. The molecule has 2 heteroatoms. The Kier molecular flexibility index (Phi) is 1.69. The molecule has 2 heterocycles. The van der Waals surface area contributed by atoms with Crippen LogP contribution in [0.15, 0.2) is 35.3 Å². The minimum atomic E-state index is 1.13. The molecule has 0 atom stereocenters. The molecule has 11 heavy (non-hydrogen) atoms. The van der Waals surface area contributed by atoms with Crippen molar-refractivity contribution in [1.82, 2.24) is 4.98 Å². The zero-order valence-corrected chi connectivity index (χ0v) is 6.64. The molecule has 0 aliphatic rings.